The number of hydrogen-bond donors (Lipinski definition) is 2. The molecular formula is C19H17N3O3S2. The number of hydrazine groups is 1. The van der Waals surface area contributed by atoms with Gasteiger partial charge in [-0.05, 0) is 35.9 Å². The zero-order valence-electron chi connectivity index (χ0n) is 14.5. The third kappa shape index (κ3) is 4.87. The van der Waals surface area contributed by atoms with Crippen LogP contribution in [-0.2, 0) is 9.59 Å². The van der Waals surface area contributed by atoms with Crippen LogP contribution in [0.25, 0.3) is 6.08 Å². The minimum absolute atomic E-state index is 0.153. The summed E-state index contributed by atoms with van der Waals surface area (Å²) in [6.45, 7) is -0.153. The number of para-hydroxylation sites is 1. The molecule has 0 aromatic heterocycles. The lowest BCUT2D eigenvalue weighted by molar-refractivity contribution is -0.128. The Morgan fingerprint density at radius 2 is 2.00 bits per heavy atom. The van der Waals surface area contributed by atoms with E-state index in [1.165, 1.54) is 16.7 Å². The van der Waals surface area contributed by atoms with Gasteiger partial charge in [0.1, 0.15) is 16.6 Å². The highest BCUT2D eigenvalue weighted by Crippen LogP contribution is 2.32. The average Bonchev–Trinajstić information content (AvgIpc) is 2.94. The Morgan fingerprint density at radius 1 is 1.22 bits per heavy atom. The number of thioether (sulfide) groups is 1. The van der Waals surface area contributed by atoms with Crippen LogP contribution in [-0.4, -0.2) is 34.7 Å². The molecule has 1 saturated heterocycles. The highest BCUT2D eigenvalue weighted by molar-refractivity contribution is 8.26. The minimum Gasteiger partial charge on any atom is -0.497 e. The summed E-state index contributed by atoms with van der Waals surface area (Å²) in [5.74, 6) is 0.0473. The van der Waals surface area contributed by atoms with E-state index < -0.39 is 0 Å². The molecule has 1 fully saturated rings. The molecule has 0 aliphatic carbocycles. The molecule has 3 rings (SSSR count). The molecule has 2 amide bonds. The molecule has 138 valence electrons. The Hall–Kier alpha value is -2.84. The van der Waals surface area contributed by atoms with E-state index in [0.717, 1.165) is 11.3 Å². The SMILES string of the molecule is COc1cccc(/C=C2/SC(=S)N(CC(=O)NNc3ccccc3)C2=O)c1. The van der Waals surface area contributed by atoms with Crippen molar-refractivity contribution in [2.75, 3.05) is 19.1 Å². The summed E-state index contributed by atoms with van der Waals surface area (Å²) in [5.41, 5.74) is 6.92. The van der Waals surface area contributed by atoms with Gasteiger partial charge in [-0.25, -0.2) is 0 Å². The van der Waals surface area contributed by atoms with Gasteiger partial charge in [-0.15, -0.1) is 0 Å². The van der Waals surface area contributed by atoms with Crippen LogP contribution in [0.4, 0.5) is 5.69 Å². The smallest absolute Gasteiger partial charge is 0.266 e. The maximum Gasteiger partial charge on any atom is 0.266 e. The first-order chi connectivity index (χ1) is 13.1. The molecule has 0 unspecified atom stereocenters. The third-order valence-corrected chi connectivity index (χ3v) is 5.06. The van der Waals surface area contributed by atoms with Crippen molar-refractivity contribution in [1.29, 1.82) is 0 Å². The van der Waals surface area contributed by atoms with Gasteiger partial charge in [-0.2, -0.15) is 0 Å². The number of amides is 2. The Morgan fingerprint density at radius 3 is 2.74 bits per heavy atom. The predicted molar refractivity (Wildman–Crippen MR) is 111 cm³/mol. The van der Waals surface area contributed by atoms with Gasteiger partial charge < -0.3 is 4.74 Å². The second-order valence-corrected chi connectivity index (χ2v) is 7.26. The van der Waals surface area contributed by atoms with Crippen molar-refractivity contribution < 1.29 is 14.3 Å². The second-order valence-electron chi connectivity index (χ2n) is 5.58. The highest BCUT2D eigenvalue weighted by Gasteiger charge is 2.33. The fourth-order valence-electron chi connectivity index (χ4n) is 2.37. The van der Waals surface area contributed by atoms with Crippen LogP contribution in [0.5, 0.6) is 5.75 Å². The lowest BCUT2D eigenvalue weighted by Gasteiger charge is -2.15. The molecule has 2 N–H and O–H groups in total. The van der Waals surface area contributed by atoms with Crippen molar-refractivity contribution >= 4 is 51.9 Å². The largest absolute Gasteiger partial charge is 0.497 e. The Balaban J connectivity index is 1.63. The van der Waals surface area contributed by atoms with Crippen molar-refractivity contribution in [2.45, 2.75) is 0 Å². The summed E-state index contributed by atoms with van der Waals surface area (Å²) in [6.07, 6.45) is 1.74. The van der Waals surface area contributed by atoms with Crippen LogP contribution in [0, 0.1) is 0 Å². The van der Waals surface area contributed by atoms with E-state index in [-0.39, 0.29) is 18.4 Å². The molecule has 0 atom stereocenters. The first-order valence-corrected chi connectivity index (χ1v) is 9.28. The standard InChI is InChI=1S/C19H17N3O3S2/c1-25-15-9-5-6-13(10-15)11-16-18(24)22(19(26)27-16)12-17(23)21-20-14-7-3-2-4-8-14/h2-11,20H,12H2,1H3,(H,21,23)/b16-11+. The number of thiocarbonyl (C=S) groups is 1. The van der Waals surface area contributed by atoms with E-state index in [9.17, 15) is 9.59 Å². The molecule has 1 aliphatic heterocycles. The van der Waals surface area contributed by atoms with E-state index in [2.05, 4.69) is 10.9 Å². The number of carbonyl (C=O) groups excluding carboxylic acids is 2. The van der Waals surface area contributed by atoms with Crippen LogP contribution >= 0.6 is 24.0 Å². The first-order valence-electron chi connectivity index (χ1n) is 8.06. The zero-order valence-corrected chi connectivity index (χ0v) is 16.1. The molecule has 1 aliphatic rings. The molecule has 1 heterocycles. The van der Waals surface area contributed by atoms with Crippen LogP contribution in [0.15, 0.2) is 59.5 Å². The number of ether oxygens (including phenoxy) is 1. The van der Waals surface area contributed by atoms with Gasteiger partial charge in [0.25, 0.3) is 11.8 Å². The second kappa shape index (κ2) is 8.70. The molecular weight excluding hydrogens is 382 g/mol. The Kier molecular flexibility index (Phi) is 6.10. The van der Waals surface area contributed by atoms with Gasteiger partial charge in [-0.1, -0.05) is 54.3 Å². The predicted octanol–water partition coefficient (Wildman–Crippen LogP) is 3.04. The number of hydrogen-bond acceptors (Lipinski definition) is 6. The normalized spacial score (nSPS) is 15.1. The highest BCUT2D eigenvalue weighted by atomic mass is 32.2. The van der Waals surface area contributed by atoms with Crippen molar-refractivity contribution in [3.8, 4) is 5.75 Å². The topological polar surface area (TPSA) is 70.7 Å². The van der Waals surface area contributed by atoms with Crippen molar-refractivity contribution in [1.82, 2.24) is 10.3 Å². The van der Waals surface area contributed by atoms with Gasteiger partial charge in [0.15, 0.2) is 0 Å². The van der Waals surface area contributed by atoms with E-state index in [1.54, 1.807) is 13.2 Å². The van der Waals surface area contributed by atoms with Crippen LogP contribution < -0.4 is 15.6 Å². The van der Waals surface area contributed by atoms with E-state index >= 15 is 0 Å². The number of methoxy groups -OCH3 is 1. The first kappa shape index (κ1) is 18.9. The molecule has 0 radical (unpaired) electrons. The van der Waals surface area contributed by atoms with Crippen molar-refractivity contribution in [3.63, 3.8) is 0 Å². The molecule has 6 nitrogen and oxygen atoms in total. The molecule has 0 saturated carbocycles. The number of carbonyl (C=O) groups is 2. The summed E-state index contributed by atoms with van der Waals surface area (Å²) in [6, 6.07) is 16.6. The average molecular weight is 399 g/mol. The van der Waals surface area contributed by atoms with Crippen LogP contribution in [0.3, 0.4) is 0 Å². The lowest BCUT2D eigenvalue weighted by Crippen LogP contribution is -2.41. The van der Waals surface area contributed by atoms with E-state index in [4.69, 9.17) is 17.0 Å². The maximum absolute atomic E-state index is 12.6. The molecule has 27 heavy (non-hydrogen) atoms. The maximum atomic E-state index is 12.6. The fraction of sp³-hybridized carbons (Fsp3) is 0.105. The van der Waals surface area contributed by atoms with Crippen molar-refractivity contribution in [3.05, 3.63) is 65.1 Å². The van der Waals surface area contributed by atoms with Gasteiger partial charge in [0.2, 0.25) is 0 Å². The summed E-state index contributed by atoms with van der Waals surface area (Å²) in [7, 11) is 1.58. The van der Waals surface area contributed by atoms with Crippen LogP contribution in [0.1, 0.15) is 5.56 Å². The Labute approximate surface area is 166 Å². The zero-order chi connectivity index (χ0) is 19.2. The van der Waals surface area contributed by atoms with Gasteiger partial charge >= 0.3 is 0 Å². The third-order valence-electron chi connectivity index (χ3n) is 3.69. The number of benzene rings is 2. The molecule has 8 heteroatoms. The van der Waals surface area contributed by atoms with E-state index in [1.807, 2.05) is 54.6 Å². The van der Waals surface area contributed by atoms with Gasteiger partial charge in [0.05, 0.1) is 17.7 Å². The number of nitrogens with zero attached hydrogens (tertiary/aromatic N) is 1. The molecule has 2 aromatic carbocycles. The summed E-state index contributed by atoms with van der Waals surface area (Å²) < 4.78 is 5.54. The van der Waals surface area contributed by atoms with Crippen LogP contribution in [0.2, 0.25) is 0 Å². The summed E-state index contributed by atoms with van der Waals surface area (Å²) >= 11 is 6.43. The molecule has 0 spiro atoms. The monoisotopic (exact) mass is 399 g/mol. The van der Waals surface area contributed by atoms with E-state index in [0.29, 0.717) is 15.0 Å². The summed E-state index contributed by atoms with van der Waals surface area (Å²) in [4.78, 5) is 26.5. The minimum atomic E-state index is -0.363. The van der Waals surface area contributed by atoms with Gasteiger partial charge in [-0.3, -0.25) is 25.3 Å². The quantitative estimate of drug-likeness (QED) is 0.442. The lowest BCUT2D eigenvalue weighted by atomic mass is 10.2. The van der Waals surface area contributed by atoms with Crippen molar-refractivity contribution in [2.24, 2.45) is 0 Å². The molecule has 0 bridgehead atoms. The fourth-order valence-corrected chi connectivity index (χ4v) is 3.62. The number of rotatable bonds is 6. The number of anilines is 1. The summed E-state index contributed by atoms with van der Waals surface area (Å²) in [5, 5.41) is 0. The number of nitrogens with one attached hydrogen (secondary N) is 2. The Bertz CT molecular complexity index is 900. The van der Waals surface area contributed by atoms with Gasteiger partial charge in [0, 0.05) is 0 Å². The molecule has 2 aromatic rings.